The van der Waals surface area contributed by atoms with Crippen molar-refractivity contribution in [2.24, 2.45) is 0 Å². The van der Waals surface area contributed by atoms with Crippen LogP contribution >= 0.6 is 15.9 Å². The third kappa shape index (κ3) is 3.00. The predicted molar refractivity (Wildman–Crippen MR) is 91.0 cm³/mol. The maximum atomic E-state index is 12.2. The molecule has 2 heterocycles. The molecular weight excluding hydrogens is 364 g/mol. The van der Waals surface area contributed by atoms with Crippen LogP contribution in [0.1, 0.15) is 17.5 Å². The molecule has 7 heteroatoms. The summed E-state index contributed by atoms with van der Waals surface area (Å²) in [6, 6.07) is 10.2. The van der Waals surface area contributed by atoms with E-state index in [0.29, 0.717) is 27.9 Å². The highest BCUT2D eigenvalue weighted by Gasteiger charge is 2.19. The number of fused-ring (bicyclic) bond motifs is 1. The van der Waals surface area contributed by atoms with Crippen LogP contribution in [0.25, 0.3) is 11.0 Å². The van der Waals surface area contributed by atoms with Gasteiger partial charge in [-0.3, -0.25) is 4.79 Å². The lowest BCUT2D eigenvalue weighted by Crippen LogP contribution is -2.20. The first-order chi connectivity index (χ1) is 11.1. The number of halogens is 1. The molecule has 0 unspecified atom stereocenters. The van der Waals surface area contributed by atoms with E-state index in [-0.39, 0.29) is 11.4 Å². The van der Waals surface area contributed by atoms with E-state index >= 15 is 0 Å². The topological polar surface area (TPSA) is 84.5 Å². The molecule has 23 heavy (non-hydrogen) atoms. The molecule has 6 nitrogen and oxygen atoms in total. The second-order valence-corrected chi connectivity index (χ2v) is 5.51. The quantitative estimate of drug-likeness (QED) is 0.675. The first-order valence-corrected chi connectivity index (χ1v) is 7.76. The van der Waals surface area contributed by atoms with Crippen molar-refractivity contribution in [1.29, 1.82) is 0 Å². The molecule has 0 aliphatic heterocycles. The van der Waals surface area contributed by atoms with Gasteiger partial charge in [-0.05, 0) is 47.1 Å². The third-order valence-electron chi connectivity index (χ3n) is 3.20. The fourth-order valence-corrected chi connectivity index (χ4v) is 2.54. The van der Waals surface area contributed by atoms with Crippen molar-refractivity contribution in [2.75, 3.05) is 17.2 Å². The molecule has 3 aromatic rings. The zero-order valence-electron chi connectivity index (χ0n) is 12.2. The second-order valence-electron chi connectivity index (χ2n) is 4.72. The van der Waals surface area contributed by atoms with Crippen molar-refractivity contribution in [3.63, 3.8) is 0 Å². The first kappa shape index (κ1) is 15.4. The summed E-state index contributed by atoms with van der Waals surface area (Å²) in [6.07, 6.45) is 0. The van der Waals surface area contributed by atoms with E-state index in [1.807, 2.05) is 19.1 Å². The Labute approximate surface area is 139 Å². The Morgan fingerprint density at radius 3 is 2.61 bits per heavy atom. The highest BCUT2D eigenvalue weighted by molar-refractivity contribution is 9.10. The van der Waals surface area contributed by atoms with Gasteiger partial charge in [-0.2, -0.15) is 0 Å². The van der Waals surface area contributed by atoms with Crippen molar-refractivity contribution in [2.45, 2.75) is 6.92 Å². The molecule has 0 radical (unpaired) electrons. The minimum absolute atomic E-state index is 0.0584. The summed E-state index contributed by atoms with van der Waals surface area (Å²) < 4.78 is 10.9. The van der Waals surface area contributed by atoms with Crippen molar-refractivity contribution >= 4 is 44.2 Å². The number of hydrogen-bond donors (Lipinski definition) is 2. The summed E-state index contributed by atoms with van der Waals surface area (Å²) in [7, 11) is 0. The molecule has 118 valence electrons. The molecule has 0 atom stereocenters. The molecule has 0 saturated heterocycles. The first-order valence-electron chi connectivity index (χ1n) is 6.96. The molecule has 0 spiro atoms. The van der Waals surface area contributed by atoms with Gasteiger partial charge in [0.25, 0.3) is 5.91 Å². The van der Waals surface area contributed by atoms with Crippen molar-refractivity contribution < 1.29 is 13.6 Å². The molecule has 0 aliphatic rings. The summed E-state index contributed by atoms with van der Waals surface area (Å²) in [5.74, 6) is -0.440. The Kier molecular flexibility index (Phi) is 4.20. The lowest BCUT2D eigenvalue weighted by molar-refractivity contribution is 0.0995. The number of nitrogens with one attached hydrogen (secondary N) is 2. The smallest absolute Gasteiger partial charge is 0.362 e. The predicted octanol–water partition coefficient (Wildman–Crippen LogP) is 3.83. The Morgan fingerprint density at radius 1 is 1.13 bits per heavy atom. The average molecular weight is 377 g/mol. The van der Waals surface area contributed by atoms with Gasteiger partial charge in [0.15, 0.2) is 16.1 Å². The van der Waals surface area contributed by atoms with Crippen LogP contribution in [0.3, 0.4) is 0 Å². The number of para-hydroxylation sites is 1. The fraction of sp³-hybridized carbons (Fsp3) is 0.125. The number of anilines is 2. The van der Waals surface area contributed by atoms with Gasteiger partial charge >= 0.3 is 5.63 Å². The van der Waals surface area contributed by atoms with Crippen LogP contribution in [0, 0.1) is 0 Å². The molecule has 0 aliphatic carbocycles. The molecule has 0 bridgehead atoms. The largest absolute Gasteiger partial charge is 0.444 e. The van der Waals surface area contributed by atoms with Crippen LogP contribution < -0.4 is 16.3 Å². The van der Waals surface area contributed by atoms with Crippen molar-refractivity contribution in [3.05, 3.63) is 57.2 Å². The van der Waals surface area contributed by atoms with Crippen molar-refractivity contribution in [3.8, 4) is 0 Å². The molecule has 1 aromatic carbocycles. The van der Waals surface area contributed by atoms with Gasteiger partial charge in [0.1, 0.15) is 5.58 Å². The monoisotopic (exact) mass is 376 g/mol. The third-order valence-corrected chi connectivity index (χ3v) is 3.63. The zero-order valence-corrected chi connectivity index (χ0v) is 13.8. The number of amides is 1. The summed E-state index contributed by atoms with van der Waals surface area (Å²) >= 11 is 3.13. The maximum absolute atomic E-state index is 12.2. The number of hydrogen-bond acceptors (Lipinski definition) is 5. The van der Waals surface area contributed by atoms with E-state index in [1.54, 1.807) is 18.2 Å². The molecule has 2 N–H and O–H groups in total. The number of carbonyl (C=O) groups is 1. The highest BCUT2D eigenvalue weighted by atomic mass is 79.9. The Hall–Kier alpha value is -2.54. The molecular formula is C16H13BrN2O4. The van der Waals surface area contributed by atoms with Crippen LogP contribution in [0.4, 0.5) is 11.4 Å². The minimum Gasteiger partial charge on any atom is -0.444 e. The average Bonchev–Trinajstić information content (AvgIpc) is 2.97. The second kappa shape index (κ2) is 6.29. The zero-order chi connectivity index (χ0) is 16.4. The summed E-state index contributed by atoms with van der Waals surface area (Å²) in [5.41, 5.74) is 0.409. The summed E-state index contributed by atoms with van der Waals surface area (Å²) in [5, 5.41) is 6.38. The highest BCUT2D eigenvalue weighted by Crippen LogP contribution is 2.29. The van der Waals surface area contributed by atoms with Gasteiger partial charge in [-0.15, -0.1) is 0 Å². The molecule has 1 amide bonds. The van der Waals surface area contributed by atoms with E-state index < -0.39 is 11.5 Å². The van der Waals surface area contributed by atoms with Gasteiger partial charge in [-0.25, -0.2) is 4.79 Å². The standard InChI is InChI=1S/C16H13BrN2O4/c1-2-18-13-9-5-3-4-6-10(9)23-16(21)14(13)19-15(20)11-7-8-12(17)22-11/h3-8,18H,2H2,1H3,(H,19,20). The van der Waals surface area contributed by atoms with E-state index in [1.165, 1.54) is 6.07 Å². The van der Waals surface area contributed by atoms with E-state index in [9.17, 15) is 9.59 Å². The normalized spacial score (nSPS) is 10.7. The summed E-state index contributed by atoms with van der Waals surface area (Å²) in [4.78, 5) is 24.5. The van der Waals surface area contributed by atoms with E-state index in [0.717, 1.165) is 0 Å². The van der Waals surface area contributed by atoms with E-state index in [2.05, 4.69) is 26.6 Å². The molecule has 0 saturated carbocycles. The van der Waals surface area contributed by atoms with Crippen LogP contribution in [-0.4, -0.2) is 12.5 Å². The van der Waals surface area contributed by atoms with Gasteiger partial charge in [-0.1, -0.05) is 12.1 Å². The van der Waals surface area contributed by atoms with Crippen LogP contribution in [0.15, 0.2) is 54.7 Å². The molecule has 3 rings (SSSR count). The van der Waals surface area contributed by atoms with Gasteiger partial charge in [0.05, 0.1) is 5.69 Å². The van der Waals surface area contributed by atoms with Crippen molar-refractivity contribution in [1.82, 2.24) is 0 Å². The maximum Gasteiger partial charge on any atom is 0.362 e. The number of benzene rings is 1. The number of carbonyl (C=O) groups excluding carboxylic acids is 1. The fourth-order valence-electron chi connectivity index (χ4n) is 2.24. The Bertz CT molecular complexity index is 929. The summed E-state index contributed by atoms with van der Waals surface area (Å²) in [6.45, 7) is 2.49. The number of rotatable bonds is 4. The van der Waals surface area contributed by atoms with Crippen LogP contribution in [0.5, 0.6) is 0 Å². The lowest BCUT2D eigenvalue weighted by atomic mass is 10.2. The Morgan fingerprint density at radius 2 is 1.91 bits per heavy atom. The van der Waals surface area contributed by atoms with Gasteiger partial charge in [0.2, 0.25) is 0 Å². The van der Waals surface area contributed by atoms with Gasteiger partial charge < -0.3 is 19.5 Å². The SMILES string of the molecule is CCNc1c(NC(=O)c2ccc(Br)o2)c(=O)oc2ccccc12. The Balaban J connectivity index is 2.09. The minimum atomic E-state index is -0.626. The van der Waals surface area contributed by atoms with Crippen LogP contribution in [0.2, 0.25) is 0 Å². The number of furan rings is 1. The molecule has 0 fully saturated rings. The lowest BCUT2D eigenvalue weighted by Gasteiger charge is -2.12. The van der Waals surface area contributed by atoms with Crippen LogP contribution in [-0.2, 0) is 0 Å². The van der Waals surface area contributed by atoms with Gasteiger partial charge in [0, 0.05) is 11.9 Å². The van der Waals surface area contributed by atoms with E-state index in [4.69, 9.17) is 8.83 Å². The molecule has 2 aromatic heterocycles.